The fourth-order valence-electron chi connectivity index (χ4n) is 3.43. The van der Waals surface area contributed by atoms with Gasteiger partial charge >= 0.3 is 0 Å². The second-order valence-corrected chi connectivity index (χ2v) is 9.00. The number of hydrogen-bond acceptors (Lipinski definition) is 5. The zero-order chi connectivity index (χ0) is 23.3. The van der Waals surface area contributed by atoms with Crippen molar-refractivity contribution in [2.24, 2.45) is 7.05 Å². The molecule has 2 aromatic carbocycles. The monoisotopic (exact) mass is 451 g/mol. The number of aryl methyl sites for hydroxylation is 2. The molecule has 0 saturated heterocycles. The second-order valence-electron chi connectivity index (χ2n) is 7.69. The Morgan fingerprint density at radius 1 is 1.12 bits per heavy atom. The van der Waals surface area contributed by atoms with Gasteiger partial charge in [0.25, 0.3) is 0 Å². The van der Waals surface area contributed by atoms with Crippen molar-refractivity contribution in [1.82, 2.24) is 19.7 Å². The average molecular weight is 452 g/mol. The molecule has 32 heavy (non-hydrogen) atoms. The Morgan fingerprint density at radius 2 is 1.81 bits per heavy atom. The van der Waals surface area contributed by atoms with Gasteiger partial charge in [-0.3, -0.25) is 9.59 Å². The van der Waals surface area contributed by atoms with Gasteiger partial charge in [-0.15, -0.1) is 10.2 Å². The summed E-state index contributed by atoms with van der Waals surface area (Å²) in [6.45, 7) is 5.86. The minimum Gasteiger partial charge on any atom is -0.335 e. The fraction of sp³-hybridized carbons (Fsp3) is 0.333. The number of rotatable bonds is 8. The van der Waals surface area contributed by atoms with Crippen LogP contribution in [0.3, 0.4) is 0 Å². The van der Waals surface area contributed by atoms with Gasteiger partial charge in [-0.1, -0.05) is 61.2 Å². The van der Waals surface area contributed by atoms with E-state index in [9.17, 15) is 9.59 Å². The summed E-state index contributed by atoms with van der Waals surface area (Å²) in [5.74, 6) is 0.390. The van der Waals surface area contributed by atoms with E-state index in [1.165, 1.54) is 16.7 Å². The van der Waals surface area contributed by atoms with Gasteiger partial charge in [0.05, 0.1) is 11.8 Å². The van der Waals surface area contributed by atoms with Crippen LogP contribution in [0, 0.1) is 6.92 Å². The van der Waals surface area contributed by atoms with Crippen molar-refractivity contribution in [3.05, 3.63) is 59.7 Å². The minimum absolute atomic E-state index is 0.0188. The Labute approximate surface area is 193 Å². The van der Waals surface area contributed by atoms with Gasteiger partial charge < -0.3 is 14.8 Å². The third-order valence-electron chi connectivity index (χ3n) is 5.28. The van der Waals surface area contributed by atoms with Gasteiger partial charge in [0, 0.05) is 25.3 Å². The predicted octanol–water partition coefficient (Wildman–Crippen LogP) is 3.93. The minimum atomic E-state index is -0.414. The van der Waals surface area contributed by atoms with Gasteiger partial charge in [0.15, 0.2) is 11.0 Å². The quantitative estimate of drug-likeness (QED) is 0.525. The van der Waals surface area contributed by atoms with Crippen LogP contribution in [0.15, 0.2) is 53.7 Å². The molecule has 0 aliphatic carbocycles. The molecule has 1 heterocycles. The molecule has 3 aromatic rings. The van der Waals surface area contributed by atoms with Gasteiger partial charge in [-0.05, 0) is 37.5 Å². The normalized spacial score (nSPS) is 11.8. The van der Waals surface area contributed by atoms with Gasteiger partial charge in [0.2, 0.25) is 11.8 Å². The standard InChI is InChI=1S/C24H29N5O2S/c1-6-18-12-8-10-14-20(18)25-21(30)15-28(4)23(31)17(3)32-24-27-26-22(29(24)5)19-13-9-7-11-16(19)2/h7-14,17H,6,15H2,1-5H3,(H,25,30). The van der Waals surface area contributed by atoms with Crippen LogP contribution in [-0.4, -0.2) is 50.3 Å². The number of carbonyl (C=O) groups is 2. The third-order valence-corrected chi connectivity index (χ3v) is 6.40. The van der Waals surface area contributed by atoms with Crippen molar-refractivity contribution in [1.29, 1.82) is 0 Å². The first-order valence-electron chi connectivity index (χ1n) is 10.6. The topological polar surface area (TPSA) is 80.1 Å². The summed E-state index contributed by atoms with van der Waals surface area (Å²) in [4.78, 5) is 26.8. The molecule has 0 bridgehead atoms. The van der Waals surface area contributed by atoms with Crippen molar-refractivity contribution < 1.29 is 9.59 Å². The molecule has 0 saturated carbocycles. The van der Waals surface area contributed by atoms with Crippen LogP contribution in [-0.2, 0) is 23.1 Å². The number of carbonyl (C=O) groups excluding carboxylic acids is 2. The molecule has 1 aromatic heterocycles. The van der Waals surface area contributed by atoms with E-state index in [-0.39, 0.29) is 18.4 Å². The Balaban J connectivity index is 1.62. The molecular weight excluding hydrogens is 422 g/mol. The van der Waals surface area contributed by atoms with E-state index in [4.69, 9.17) is 0 Å². The fourth-order valence-corrected chi connectivity index (χ4v) is 4.36. The zero-order valence-electron chi connectivity index (χ0n) is 19.1. The zero-order valence-corrected chi connectivity index (χ0v) is 19.9. The highest BCUT2D eigenvalue weighted by Crippen LogP contribution is 2.27. The summed E-state index contributed by atoms with van der Waals surface area (Å²) in [5, 5.41) is 11.7. The highest BCUT2D eigenvalue weighted by molar-refractivity contribution is 8.00. The number of hydrogen-bond donors (Lipinski definition) is 1. The maximum absolute atomic E-state index is 12.9. The average Bonchev–Trinajstić information content (AvgIpc) is 3.13. The van der Waals surface area contributed by atoms with Crippen LogP contribution in [0.25, 0.3) is 11.4 Å². The van der Waals surface area contributed by atoms with Crippen LogP contribution in [0.1, 0.15) is 25.0 Å². The first kappa shape index (κ1) is 23.5. The lowest BCUT2D eigenvalue weighted by molar-refractivity contribution is -0.132. The summed E-state index contributed by atoms with van der Waals surface area (Å²) >= 11 is 1.33. The number of likely N-dealkylation sites (N-methyl/N-ethyl adjacent to an activating group) is 1. The van der Waals surface area contributed by atoms with E-state index >= 15 is 0 Å². The molecule has 1 atom stereocenters. The highest BCUT2D eigenvalue weighted by Gasteiger charge is 2.23. The number of anilines is 1. The number of nitrogens with one attached hydrogen (secondary N) is 1. The molecule has 3 rings (SSSR count). The summed E-state index contributed by atoms with van der Waals surface area (Å²) < 4.78 is 1.89. The van der Waals surface area contributed by atoms with Crippen molar-refractivity contribution >= 4 is 29.3 Å². The van der Waals surface area contributed by atoms with Gasteiger partial charge in [0.1, 0.15) is 0 Å². The van der Waals surface area contributed by atoms with Crippen molar-refractivity contribution in [3.63, 3.8) is 0 Å². The first-order valence-corrected chi connectivity index (χ1v) is 11.4. The van der Waals surface area contributed by atoms with E-state index in [0.717, 1.165) is 34.6 Å². The lowest BCUT2D eigenvalue weighted by Gasteiger charge is -2.21. The molecule has 1 unspecified atom stereocenters. The van der Waals surface area contributed by atoms with Crippen LogP contribution in [0.2, 0.25) is 0 Å². The summed E-state index contributed by atoms with van der Waals surface area (Å²) in [6, 6.07) is 15.7. The predicted molar refractivity (Wildman–Crippen MR) is 129 cm³/mol. The highest BCUT2D eigenvalue weighted by atomic mass is 32.2. The SMILES string of the molecule is CCc1ccccc1NC(=O)CN(C)C(=O)C(C)Sc1nnc(-c2ccccc2C)n1C. The molecule has 0 fully saturated rings. The number of aromatic nitrogens is 3. The Hall–Kier alpha value is -3.13. The molecule has 0 aliphatic heterocycles. The number of nitrogens with zero attached hydrogens (tertiary/aromatic N) is 4. The van der Waals surface area contributed by atoms with Crippen LogP contribution in [0.4, 0.5) is 5.69 Å². The summed E-state index contributed by atoms with van der Waals surface area (Å²) in [7, 11) is 3.53. The smallest absolute Gasteiger partial charge is 0.243 e. The van der Waals surface area contributed by atoms with Crippen LogP contribution >= 0.6 is 11.8 Å². The van der Waals surface area contributed by atoms with E-state index in [1.54, 1.807) is 7.05 Å². The van der Waals surface area contributed by atoms with Gasteiger partial charge in [-0.2, -0.15) is 0 Å². The Morgan fingerprint density at radius 3 is 2.53 bits per heavy atom. The summed E-state index contributed by atoms with van der Waals surface area (Å²) in [5.41, 5.74) is 3.96. The van der Waals surface area contributed by atoms with Crippen molar-refractivity contribution in [2.75, 3.05) is 18.9 Å². The maximum atomic E-state index is 12.9. The lowest BCUT2D eigenvalue weighted by Crippen LogP contribution is -2.39. The van der Waals surface area contributed by atoms with E-state index in [1.807, 2.05) is 80.9 Å². The molecule has 0 radical (unpaired) electrons. The van der Waals surface area contributed by atoms with E-state index in [0.29, 0.717) is 5.16 Å². The Bertz CT molecular complexity index is 1110. The van der Waals surface area contributed by atoms with Crippen LogP contribution in [0.5, 0.6) is 0 Å². The molecular formula is C24H29N5O2S. The van der Waals surface area contributed by atoms with Crippen molar-refractivity contribution in [3.8, 4) is 11.4 Å². The van der Waals surface area contributed by atoms with Crippen LogP contribution < -0.4 is 5.32 Å². The largest absolute Gasteiger partial charge is 0.335 e. The lowest BCUT2D eigenvalue weighted by atomic mass is 10.1. The molecule has 0 aliphatic rings. The molecule has 7 nitrogen and oxygen atoms in total. The Kier molecular flexibility index (Phi) is 7.69. The third kappa shape index (κ3) is 5.37. The number of para-hydroxylation sites is 1. The van der Waals surface area contributed by atoms with E-state index in [2.05, 4.69) is 15.5 Å². The molecule has 1 N–H and O–H groups in total. The number of thioether (sulfide) groups is 1. The van der Waals surface area contributed by atoms with Gasteiger partial charge in [-0.25, -0.2) is 0 Å². The maximum Gasteiger partial charge on any atom is 0.243 e. The molecule has 0 spiro atoms. The first-order chi connectivity index (χ1) is 15.3. The number of benzene rings is 2. The molecule has 8 heteroatoms. The molecule has 2 amide bonds. The van der Waals surface area contributed by atoms with Crippen molar-refractivity contribution in [2.45, 2.75) is 37.6 Å². The second kappa shape index (κ2) is 10.5. The molecule has 168 valence electrons. The number of amides is 2. The van der Waals surface area contributed by atoms with E-state index < -0.39 is 5.25 Å². The summed E-state index contributed by atoms with van der Waals surface area (Å²) in [6.07, 6.45) is 0.821.